The van der Waals surface area contributed by atoms with E-state index in [1.807, 2.05) is 30.3 Å². The minimum absolute atomic E-state index is 0.675. The van der Waals surface area contributed by atoms with Crippen LogP contribution in [0.1, 0.15) is 6.93 Å². The van der Waals surface area contributed by atoms with E-state index < -0.39 is 7.15 Å². The molecule has 161 valence electrons. The Bertz CT molecular complexity index is 1450. The van der Waals surface area contributed by atoms with Gasteiger partial charge in [0.15, 0.2) is 0 Å². The summed E-state index contributed by atoms with van der Waals surface area (Å²) in [6.07, 6.45) is 0. The molecule has 0 fully saturated rings. The first-order valence-electron chi connectivity index (χ1n) is 10.5. The molecule has 0 aliphatic carbocycles. The second-order valence-corrected chi connectivity index (χ2v) is 8.02. The van der Waals surface area contributed by atoms with Gasteiger partial charge in [0.2, 0.25) is 0 Å². The summed E-state index contributed by atoms with van der Waals surface area (Å²) in [4.78, 5) is 0. The SMILES string of the molecule is N#Cc1ccc(-c2ccc3c(c2)c2cc(Br)ccc2n3-c2ccccc2)cc1.[2H]CF.[B]=NS. The number of thiol groups is 1. The number of alkyl halides is 1. The van der Waals surface area contributed by atoms with Crippen LogP contribution in [-0.4, -0.2) is 19.4 Å². The van der Waals surface area contributed by atoms with Crippen molar-refractivity contribution in [1.82, 2.24) is 4.57 Å². The van der Waals surface area contributed by atoms with E-state index in [1.165, 1.54) is 21.8 Å². The molecule has 5 rings (SSSR count). The van der Waals surface area contributed by atoms with E-state index >= 15 is 0 Å². The maximum absolute atomic E-state index is 9.96. The molecule has 0 amide bonds. The fraction of sp³-hybridized carbons (Fsp3) is 0.0385. The summed E-state index contributed by atoms with van der Waals surface area (Å²) in [5, 5.41) is 11.5. The minimum atomic E-state index is -1.00. The van der Waals surface area contributed by atoms with Crippen molar-refractivity contribution < 1.29 is 5.76 Å². The molecule has 0 saturated carbocycles. The third-order valence-electron chi connectivity index (χ3n) is 5.09. The molecule has 1 radical (unpaired) electrons. The van der Waals surface area contributed by atoms with Gasteiger partial charge in [0.25, 0.3) is 0 Å². The van der Waals surface area contributed by atoms with E-state index in [-0.39, 0.29) is 0 Å². The van der Waals surface area contributed by atoms with Gasteiger partial charge in [0, 0.05) is 20.9 Å². The van der Waals surface area contributed by atoms with Crippen molar-refractivity contribution >= 4 is 58.2 Å². The molecule has 0 saturated heterocycles. The van der Waals surface area contributed by atoms with Gasteiger partial charge in [-0.05, 0) is 65.7 Å². The summed E-state index contributed by atoms with van der Waals surface area (Å²) in [6.45, 7) is 0. The van der Waals surface area contributed by atoms with Gasteiger partial charge in [0.1, 0.15) is 0 Å². The van der Waals surface area contributed by atoms with Crippen molar-refractivity contribution in [3.63, 3.8) is 0 Å². The van der Waals surface area contributed by atoms with Crippen molar-refractivity contribution in [1.29, 1.82) is 5.26 Å². The van der Waals surface area contributed by atoms with Gasteiger partial charge >= 0.3 is 24.8 Å². The van der Waals surface area contributed by atoms with E-state index in [2.05, 4.69) is 112 Å². The van der Waals surface area contributed by atoms with Crippen LogP contribution >= 0.6 is 28.7 Å². The summed E-state index contributed by atoms with van der Waals surface area (Å²) < 4.78 is 21.6. The van der Waals surface area contributed by atoms with Crippen LogP contribution < -0.4 is 0 Å². The molecule has 1 heterocycles. The summed E-state index contributed by atoms with van der Waals surface area (Å²) in [7, 11) is 3.34. The Morgan fingerprint density at radius 1 is 0.939 bits per heavy atom. The quantitative estimate of drug-likeness (QED) is 0.188. The summed E-state index contributed by atoms with van der Waals surface area (Å²) in [6, 6.07) is 33.4. The van der Waals surface area contributed by atoms with E-state index in [0.717, 1.165) is 21.3 Å². The predicted octanol–water partition coefficient (Wildman–Crippen LogP) is 7.85. The van der Waals surface area contributed by atoms with Crippen LogP contribution in [0.2, 0.25) is 0 Å². The average Bonchev–Trinajstić information content (AvgIpc) is 3.18. The number of nitriles is 1. The Labute approximate surface area is 208 Å². The molecule has 4 aromatic carbocycles. The van der Waals surface area contributed by atoms with Gasteiger partial charge < -0.3 is 4.57 Å². The number of hydrogen-bond donors (Lipinski definition) is 1. The molecule has 0 spiro atoms. The van der Waals surface area contributed by atoms with Crippen LogP contribution in [0, 0.1) is 11.3 Å². The number of halogens is 2. The van der Waals surface area contributed by atoms with Gasteiger partial charge in [-0.2, -0.15) is 5.26 Å². The van der Waals surface area contributed by atoms with Gasteiger partial charge in [-0.1, -0.05) is 52.3 Å². The van der Waals surface area contributed by atoms with E-state index in [1.54, 1.807) is 0 Å². The molecule has 0 bridgehead atoms. The second kappa shape index (κ2) is 11.6. The fourth-order valence-electron chi connectivity index (χ4n) is 3.77. The Morgan fingerprint density at radius 3 is 2.09 bits per heavy atom. The molecular weight excluding hydrogens is 496 g/mol. The normalized spacial score (nSPS) is 10.3. The number of para-hydroxylation sites is 1. The van der Waals surface area contributed by atoms with Crippen LogP contribution in [-0.2, 0) is 0 Å². The van der Waals surface area contributed by atoms with Gasteiger partial charge in [-0.3, -0.25) is 4.39 Å². The van der Waals surface area contributed by atoms with Crippen LogP contribution in [0.4, 0.5) is 4.39 Å². The van der Waals surface area contributed by atoms with Crippen LogP contribution in [0.25, 0.3) is 38.6 Å². The molecule has 33 heavy (non-hydrogen) atoms. The Hall–Kier alpha value is -3.21. The zero-order valence-electron chi connectivity index (χ0n) is 18.5. The van der Waals surface area contributed by atoms with Crippen LogP contribution in [0.3, 0.4) is 0 Å². The first-order valence-corrected chi connectivity index (χ1v) is 11.0. The monoisotopic (exact) mass is 515 g/mol. The predicted molar refractivity (Wildman–Crippen MR) is 143 cm³/mol. The van der Waals surface area contributed by atoms with Crippen molar-refractivity contribution in [3.05, 3.63) is 101 Å². The average molecular weight is 516 g/mol. The number of fused-ring (bicyclic) bond motifs is 3. The summed E-state index contributed by atoms with van der Waals surface area (Å²) in [5.74, 6) is 0. The molecule has 5 aromatic rings. The molecule has 0 N–H and O–H groups in total. The fourth-order valence-corrected chi connectivity index (χ4v) is 4.13. The molecule has 0 aliphatic rings. The topological polar surface area (TPSA) is 41.1 Å². The van der Waals surface area contributed by atoms with Crippen molar-refractivity contribution in [2.24, 2.45) is 4.30 Å². The third-order valence-corrected chi connectivity index (χ3v) is 5.58. The van der Waals surface area contributed by atoms with Crippen molar-refractivity contribution in [3.8, 4) is 22.9 Å². The first-order chi connectivity index (χ1) is 16.6. The molecular formula is C26H19BBrFN3S. The van der Waals surface area contributed by atoms with Gasteiger partial charge in [-0.25, -0.2) is 0 Å². The molecule has 3 nitrogen and oxygen atoms in total. The first kappa shape index (κ1) is 23.0. The number of aromatic nitrogens is 1. The van der Waals surface area contributed by atoms with Crippen molar-refractivity contribution in [2.45, 2.75) is 0 Å². The van der Waals surface area contributed by atoms with E-state index in [0.29, 0.717) is 5.56 Å². The Kier molecular flexibility index (Phi) is 8.07. The molecule has 0 aliphatic heterocycles. The zero-order valence-corrected chi connectivity index (χ0v) is 20.0. The Morgan fingerprint density at radius 2 is 1.48 bits per heavy atom. The van der Waals surface area contributed by atoms with Crippen LogP contribution in [0.15, 0.2) is 99.8 Å². The van der Waals surface area contributed by atoms with Crippen LogP contribution in [0.5, 0.6) is 0 Å². The summed E-state index contributed by atoms with van der Waals surface area (Å²) >= 11 is 6.81. The standard InChI is InChI=1S/C25H15BrN2.CH3F.BHNS/c26-20-11-13-25-23(15-20)22-14-19(18-8-6-17(16-27)7-9-18)10-12-24(22)28(25)21-4-2-1-3-5-21;1-2;1-2-3/h1-15H;1H3;3H/i;1D;. The van der Waals surface area contributed by atoms with Crippen molar-refractivity contribution in [2.75, 3.05) is 7.15 Å². The van der Waals surface area contributed by atoms with Gasteiger partial charge in [0.05, 0.1) is 31.2 Å². The van der Waals surface area contributed by atoms with E-state index in [9.17, 15) is 4.39 Å². The molecule has 0 unspecified atom stereocenters. The number of rotatable bonds is 2. The summed E-state index contributed by atoms with van der Waals surface area (Å²) in [5.41, 5.74) is 6.43. The zero-order chi connectivity index (χ0) is 24.5. The molecule has 7 heteroatoms. The van der Waals surface area contributed by atoms with Gasteiger partial charge in [-0.15, -0.1) is 0 Å². The number of hydrogen-bond acceptors (Lipinski definition) is 3. The second-order valence-electron chi connectivity index (χ2n) is 6.87. The Balaban J connectivity index is 0.000000492. The maximum atomic E-state index is 9.96. The molecule has 1 aromatic heterocycles. The number of benzene rings is 4. The number of nitrogens with zero attached hydrogens (tertiary/aromatic N) is 3. The van der Waals surface area contributed by atoms with E-state index in [4.69, 9.17) is 6.63 Å². The molecule has 0 atom stereocenters. The third kappa shape index (κ3) is 5.24.